The van der Waals surface area contributed by atoms with Gasteiger partial charge in [0, 0.05) is 22.9 Å². The van der Waals surface area contributed by atoms with Crippen molar-refractivity contribution in [2.45, 2.75) is 19.9 Å². The van der Waals surface area contributed by atoms with Gasteiger partial charge in [0.05, 0.1) is 10.9 Å². The highest BCUT2D eigenvalue weighted by Crippen LogP contribution is 2.39. The monoisotopic (exact) mass is 527 g/mol. The van der Waals surface area contributed by atoms with Gasteiger partial charge in [-0.3, -0.25) is 0 Å². The van der Waals surface area contributed by atoms with E-state index in [-0.39, 0.29) is 24.0 Å². The molecule has 1 aromatic heterocycles. The van der Waals surface area contributed by atoms with Gasteiger partial charge in [-0.2, -0.15) is 4.57 Å². The predicted octanol–water partition coefficient (Wildman–Crippen LogP) is 4.54. The van der Waals surface area contributed by atoms with Crippen molar-refractivity contribution in [3.8, 4) is 33.6 Å². The SMILES string of the molecule is CCC[n+]1c(-c2ccccc2)c(-c2ccccc2)c2ccccc2c1-c1ccccc1.[I-]. The van der Waals surface area contributed by atoms with Gasteiger partial charge in [0.2, 0.25) is 11.4 Å². The minimum absolute atomic E-state index is 0. The third kappa shape index (κ3) is 4.07. The maximum atomic E-state index is 2.54. The van der Waals surface area contributed by atoms with E-state index >= 15 is 0 Å². The predicted molar refractivity (Wildman–Crippen MR) is 131 cm³/mol. The van der Waals surface area contributed by atoms with Gasteiger partial charge in [0.25, 0.3) is 0 Å². The summed E-state index contributed by atoms with van der Waals surface area (Å²) in [6, 6.07) is 41.3. The van der Waals surface area contributed by atoms with Gasteiger partial charge in [0.1, 0.15) is 6.54 Å². The maximum Gasteiger partial charge on any atom is 0.221 e. The maximum absolute atomic E-state index is 2.54. The van der Waals surface area contributed by atoms with E-state index in [0.29, 0.717) is 0 Å². The molecule has 0 atom stereocenters. The van der Waals surface area contributed by atoms with Crippen molar-refractivity contribution in [2.75, 3.05) is 0 Å². The highest BCUT2D eigenvalue weighted by atomic mass is 127. The lowest BCUT2D eigenvalue weighted by molar-refractivity contribution is -0.673. The molecule has 0 saturated carbocycles. The van der Waals surface area contributed by atoms with Gasteiger partial charge in [-0.1, -0.05) is 91.9 Å². The number of hydrogen-bond acceptors (Lipinski definition) is 0. The van der Waals surface area contributed by atoms with E-state index in [0.717, 1.165) is 13.0 Å². The lowest BCUT2D eigenvalue weighted by atomic mass is 9.90. The molecule has 0 saturated heterocycles. The minimum Gasteiger partial charge on any atom is -1.00 e. The first-order valence-corrected chi connectivity index (χ1v) is 11.0. The molecule has 5 rings (SSSR count). The van der Waals surface area contributed by atoms with Crippen LogP contribution in [0.2, 0.25) is 0 Å². The van der Waals surface area contributed by atoms with Gasteiger partial charge in [-0.15, -0.1) is 0 Å². The minimum atomic E-state index is 0. The van der Waals surface area contributed by atoms with Crippen molar-refractivity contribution in [3.05, 3.63) is 115 Å². The van der Waals surface area contributed by atoms with Crippen molar-refractivity contribution < 1.29 is 28.5 Å². The number of rotatable bonds is 5. The summed E-state index contributed by atoms with van der Waals surface area (Å²) < 4.78 is 2.54. The van der Waals surface area contributed by atoms with Crippen LogP contribution in [0.25, 0.3) is 44.4 Å². The van der Waals surface area contributed by atoms with Crippen molar-refractivity contribution in [1.82, 2.24) is 0 Å². The third-order valence-electron chi connectivity index (χ3n) is 5.83. The molecule has 0 radical (unpaired) electrons. The first kappa shape index (κ1) is 22.2. The van der Waals surface area contributed by atoms with Crippen LogP contribution in [-0.2, 0) is 6.54 Å². The molecule has 158 valence electrons. The smallest absolute Gasteiger partial charge is 0.221 e. The number of nitrogens with zero attached hydrogens (tertiary/aromatic N) is 1. The van der Waals surface area contributed by atoms with Crippen LogP contribution >= 0.6 is 0 Å². The highest BCUT2D eigenvalue weighted by Gasteiger charge is 2.28. The molecule has 32 heavy (non-hydrogen) atoms. The van der Waals surface area contributed by atoms with Crippen LogP contribution in [0.15, 0.2) is 115 Å². The number of benzene rings is 4. The van der Waals surface area contributed by atoms with Crippen LogP contribution in [0, 0.1) is 0 Å². The Morgan fingerprint density at radius 1 is 0.500 bits per heavy atom. The van der Waals surface area contributed by atoms with E-state index in [2.05, 4.69) is 127 Å². The Hall–Kier alpha value is -2.98. The second kappa shape index (κ2) is 10.1. The normalized spacial score (nSPS) is 10.7. The molecule has 1 nitrogen and oxygen atoms in total. The molecule has 0 aliphatic carbocycles. The van der Waals surface area contributed by atoms with Crippen LogP contribution in [0.1, 0.15) is 13.3 Å². The third-order valence-corrected chi connectivity index (χ3v) is 5.83. The zero-order chi connectivity index (χ0) is 21.0. The van der Waals surface area contributed by atoms with Crippen LogP contribution in [-0.4, -0.2) is 0 Å². The van der Waals surface area contributed by atoms with E-state index in [1.165, 1.54) is 44.4 Å². The first-order chi connectivity index (χ1) is 15.4. The fourth-order valence-corrected chi connectivity index (χ4v) is 4.58. The molecule has 5 aromatic rings. The molecule has 0 unspecified atom stereocenters. The summed E-state index contributed by atoms with van der Waals surface area (Å²) in [7, 11) is 0. The topological polar surface area (TPSA) is 3.88 Å². The van der Waals surface area contributed by atoms with Gasteiger partial charge in [-0.05, 0) is 35.9 Å². The van der Waals surface area contributed by atoms with E-state index in [1.807, 2.05) is 0 Å². The summed E-state index contributed by atoms with van der Waals surface area (Å²) in [6.07, 6.45) is 1.07. The van der Waals surface area contributed by atoms with Crippen molar-refractivity contribution in [1.29, 1.82) is 0 Å². The van der Waals surface area contributed by atoms with Crippen LogP contribution in [0.3, 0.4) is 0 Å². The zero-order valence-corrected chi connectivity index (χ0v) is 20.4. The van der Waals surface area contributed by atoms with E-state index < -0.39 is 0 Å². The number of hydrogen-bond donors (Lipinski definition) is 0. The molecule has 2 heteroatoms. The summed E-state index contributed by atoms with van der Waals surface area (Å²) in [5.41, 5.74) is 7.63. The molecule has 0 spiro atoms. The Kier molecular flexibility index (Phi) is 7.01. The van der Waals surface area contributed by atoms with Crippen LogP contribution in [0.5, 0.6) is 0 Å². The summed E-state index contributed by atoms with van der Waals surface area (Å²) in [5.74, 6) is 0. The molecule has 1 heterocycles. The summed E-state index contributed by atoms with van der Waals surface area (Å²) in [4.78, 5) is 0. The molecular weight excluding hydrogens is 501 g/mol. The Morgan fingerprint density at radius 3 is 1.47 bits per heavy atom. The van der Waals surface area contributed by atoms with Crippen molar-refractivity contribution in [2.24, 2.45) is 0 Å². The Bertz CT molecular complexity index is 1310. The average molecular weight is 527 g/mol. The summed E-state index contributed by atoms with van der Waals surface area (Å²) >= 11 is 0. The Balaban J connectivity index is 0.00000245. The second-order valence-electron chi connectivity index (χ2n) is 7.87. The fraction of sp³-hybridized carbons (Fsp3) is 0.100. The fourth-order valence-electron chi connectivity index (χ4n) is 4.58. The van der Waals surface area contributed by atoms with Crippen LogP contribution < -0.4 is 28.5 Å². The van der Waals surface area contributed by atoms with E-state index in [4.69, 9.17) is 0 Å². The summed E-state index contributed by atoms with van der Waals surface area (Å²) in [6.45, 7) is 3.22. The van der Waals surface area contributed by atoms with Crippen LogP contribution in [0.4, 0.5) is 0 Å². The second-order valence-corrected chi connectivity index (χ2v) is 7.87. The standard InChI is InChI=1S/C30H26N.HI/c1-2-22-31-29(24-16-8-4-9-17-24)27-21-13-12-20-26(27)28(23-14-6-3-7-15-23)30(31)25-18-10-5-11-19-25;/h3-21H,2,22H2,1H3;1H/q+1;/p-1. The first-order valence-electron chi connectivity index (χ1n) is 11.0. The molecule has 0 N–H and O–H groups in total. The molecule has 0 aliphatic heterocycles. The largest absolute Gasteiger partial charge is 1.00 e. The number of fused-ring (bicyclic) bond motifs is 1. The van der Waals surface area contributed by atoms with Crippen molar-refractivity contribution in [3.63, 3.8) is 0 Å². The summed E-state index contributed by atoms with van der Waals surface area (Å²) in [5, 5.41) is 2.58. The van der Waals surface area contributed by atoms with E-state index in [1.54, 1.807) is 0 Å². The Morgan fingerprint density at radius 2 is 0.938 bits per heavy atom. The number of halogens is 1. The van der Waals surface area contributed by atoms with Crippen molar-refractivity contribution >= 4 is 10.8 Å². The molecule has 0 aliphatic rings. The molecular formula is C30H26IN. The lowest BCUT2D eigenvalue weighted by Crippen LogP contribution is -3.00. The lowest BCUT2D eigenvalue weighted by Gasteiger charge is -2.17. The van der Waals surface area contributed by atoms with E-state index in [9.17, 15) is 0 Å². The number of aromatic nitrogens is 1. The van der Waals surface area contributed by atoms with Gasteiger partial charge < -0.3 is 24.0 Å². The molecule has 0 amide bonds. The van der Waals surface area contributed by atoms with Gasteiger partial charge in [-0.25, -0.2) is 0 Å². The molecule has 4 aromatic carbocycles. The Labute approximate surface area is 207 Å². The van der Waals surface area contributed by atoms with Gasteiger partial charge >= 0.3 is 0 Å². The average Bonchev–Trinajstić information content (AvgIpc) is 2.85. The molecule has 0 fully saturated rings. The number of pyridine rings is 1. The quantitative estimate of drug-likeness (QED) is 0.234. The zero-order valence-electron chi connectivity index (χ0n) is 18.2. The molecule has 0 bridgehead atoms. The highest BCUT2D eigenvalue weighted by molar-refractivity contribution is 6.06. The van der Waals surface area contributed by atoms with Gasteiger partial charge in [0.15, 0.2) is 0 Å².